The minimum atomic E-state index is 0. The van der Waals surface area contributed by atoms with Crippen LogP contribution in [-0.4, -0.2) is 154 Å². The molecule has 0 spiro atoms. The molecule has 0 aromatic heterocycles. The Labute approximate surface area is 226 Å². The van der Waals surface area contributed by atoms with Crippen LogP contribution in [0, 0.1) is 6.92 Å². The minimum absolute atomic E-state index is 0. The Morgan fingerprint density at radius 1 is 0.600 bits per heavy atom. The van der Waals surface area contributed by atoms with Crippen molar-refractivity contribution in [3.63, 3.8) is 0 Å². The Kier molecular flexibility index (Phi) is 51.2. The predicted molar refractivity (Wildman–Crippen MR) is 78.6 cm³/mol. The maximum absolute atomic E-state index is 3.84. The van der Waals surface area contributed by atoms with E-state index < -0.39 is 0 Å². The van der Waals surface area contributed by atoms with Crippen LogP contribution in [0.3, 0.4) is 0 Å². The van der Waals surface area contributed by atoms with Crippen molar-refractivity contribution in [1.82, 2.24) is 0 Å². The molecule has 0 heterocycles. The SMILES string of the molecule is [CH2]CCCCCCCCCCC.[KH].[KH].[KH]. The monoisotopic (exact) mass is 289 g/mol. The van der Waals surface area contributed by atoms with Crippen LogP contribution in [0.4, 0.5) is 0 Å². The second kappa shape index (κ2) is 27.3. The topological polar surface area (TPSA) is 0 Å². The van der Waals surface area contributed by atoms with E-state index in [-0.39, 0.29) is 154 Å². The standard InChI is InChI=1S/C12H25.3K.3H/c1-3-5-7-9-11-12-10-8-6-4-2;;;;;;/h1,3-12H2,2H3;;;;;;. The molecule has 0 rings (SSSR count). The second-order valence-corrected chi connectivity index (χ2v) is 3.68. The van der Waals surface area contributed by atoms with Gasteiger partial charge in [-0.1, -0.05) is 78.1 Å². The molecule has 0 aliphatic heterocycles. The van der Waals surface area contributed by atoms with Gasteiger partial charge in [0.2, 0.25) is 0 Å². The first kappa shape index (κ1) is 28.1. The van der Waals surface area contributed by atoms with E-state index in [1.54, 1.807) is 0 Å². The molecule has 0 nitrogen and oxygen atoms in total. The average molecular weight is 290 g/mol. The molecule has 0 amide bonds. The van der Waals surface area contributed by atoms with Crippen molar-refractivity contribution in [3.8, 4) is 0 Å². The first-order valence-corrected chi connectivity index (χ1v) is 5.71. The molecule has 0 unspecified atom stereocenters. The molecule has 0 bridgehead atoms. The van der Waals surface area contributed by atoms with Crippen LogP contribution in [0.1, 0.15) is 71.1 Å². The van der Waals surface area contributed by atoms with Gasteiger partial charge in [0, 0.05) is 0 Å². The van der Waals surface area contributed by atoms with E-state index in [2.05, 4.69) is 13.8 Å². The van der Waals surface area contributed by atoms with Gasteiger partial charge >= 0.3 is 154 Å². The molecule has 0 aliphatic carbocycles. The summed E-state index contributed by atoms with van der Waals surface area (Å²) >= 11 is 0. The van der Waals surface area contributed by atoms with Crippen molar-refractivity contribution in [3.05, 3.63) is 6.92 Å². The molecule has 0 fully saturated rings. The van der Waals surface area contributed by atoms with Crippen molar-refractivity contribution >= 4 is 154 Å². The molecule has 79 valence electrons. The third-order valence-corrected chi connectivity index (χ3v) is 2.35. The molecule has 0 saturated heterocycles. The van der Waals surface area contributed by atoms with Gasteiger partial charge in [0.05, 0.1) is 0 Å². The van der Waals surface area contributed by atoms with E-state index in [0.29, 0.717) is 0 Å². The summed E-state index contributed by atoms with van der Waals surface area (Å²) in [7, 11) is 0. The zero-order valence-corrected chi connectivity index (χ0v) is 8.78. The van der Waals surface area contributed by atoms with Gasteiger partial charge < -0.3 is 0 Å². The summed E-state index contributed by atoms with van der Waals surface area (Å²) < 4.78 is 0. The molecular weight excluding hydrogens is 261 g/mol. The Morgan fingerprint density at radius 2 is 0.933 bits per heavy atom. The van der Waals surface area contributed by atoms with Crippen molar-refractivity contribution < 1.29 is 0 Å². The maximum atomic E-state index is 3.84. The van der Waals surface area contributed by atoms with E-state index in [4.69, 9.17) is 0 Å². The van der Waals surface area contributed by atoms with Crippen LogP contribution in [0.15, 0.2) is 0 Å². The van der Waals surface area contributed by atoms with Gasteiger partial charge in [-0.3, -0.25) is 0 Å². The Balaban J connectivity index is -0.000000202. The first-order valence-electron chi connectivity index (χ1n) is 5.71. The van der Waals surface area contributed by atoms with Gasteiger partial charge in [-0.25, -0.2) is 0 Å². The molecule has 0 aliphatic rings. The van der Waals surface area contributed by atoms with Crippen LogP contribution >= 0.6 is 0 Å². The zero-order chi connectivity index (χ0) is 9.07. The predicted octanol–water partition coefficient (Wildman–Crippen LogP) is 2.80. The fourth-order valence-electron chi connectivity index (χ4n) is 1.49. The van der Waals surface area contributed by atoms with E-state index in [9.17, 15) is 0 Å². The average Bonchev–Trinajstić information content (AvgIpc) is 2.10. The second-order valence-electron chi connectivity index (χ2n) is 3.68. The van der Waals surface area contributed by atoms with Gasteiger partial charge in [0.25, 0.3) is 0 Å². The number of unbranched alkanes of at least 4 members (excludes halogenated alkanes) is 9. The van der Waals surface area contributed by atoms with Crippen LogP contribution in [0.25, 0.3) is 0 Å². The summed E-state index contributed by atoms with van der Waals surface area (Å²) in [5.74, 6) is 0. The molecule has 0 aromatic rings. The summed E-state index contributed by atoms with van der Waals surface area (Å²) in [5.41, 5.74) is 0. The van der Waals surface area contributed by atoms with E-state index in [1.165, 1.54) is 57.8 Å². The first-order chi connectivity index (χ1) is 5.91. The summed E-state index contributed by atoms with van der Waals surface area (Å²) in [5, 5.41) is 0. The molecule has 1 radical (unpaired) electrons. The third kappa shape index (κ3) is 27.9. The Hall–Kier alpha value is 4.91. The molecule has 15 heavy (non-hydrogen) atoms. The third-order valence-electron chi connectivity index (χ3n) is 2.35. The molecule has 0 aromatic carbocycles. The van der Waals surface area contributed by atoms with E-state index >= 15 is 0 Å². The van der Waals surface area contributed by atoms with Gasteiger partial charge in [-0.15, -0.1) is 0 Å². The van der Waals surface area contributed by atoms with E-state index in [1.807, 2.05) is 0 Å². The van der Waals surface area contributed by atoms with Gasteiger partial charge in [-0.2, -0.15) is 0 Å². The molecular formula is C12H28K3. The summed E-state index contributed by atoms with van der Waals surface area (Å²) in [6.45, 7) is 6.12. The fourth-order valence-corrected chi connectivity index (χ4v) is 1.49. The zero-order valence-electron chi connectivity index (χ0n) is 8.78. The summed E-state index contributed by atoms with van der Waals surface area (Å²) in [6.07, 6.45) is 13.9. The molecule has 0 N–H and O–H groups in total. The molecule has 0 saturated carbocycles. The summed E-state index contributed by atoms with van der Waals surface area (Å²) in [4.78, 5) is 0. The van der Waals surface area contributed by atoms with Crippen molar-refractivity contribution in [1.29, 1.82) is 0 Å². The Bertz CT molecular complexity index is 67.3. The van der Waals surface area contributed by atoms with Crippen LogP contribution in [-0.2, 0) is 0 Å². The van der Waals surface area contributed by atoms with Gasteiger partial charge in [0.15, 0.2) is 0 Å². The quantitative estimate of drug-likeness (QED) is 0.452. The molecule has 3 heteroatoms. The van der Waals surface area contributed by atoms with Crippen molar-refractivity contribution in [2.75, 3.05) is 0 Å². The summed E-state index contributed by atoms with van der Waals surface area (Å²) in [6, 6.07) is 0. The van der Waals surface area contributed by atoms with Gasteiger partial charge in [-0.05, 0) is 0 Å². The number of hydrogen-bond donors (Lipinski definition) is 0. The van der Waals surface area contributed by atoms with Crippen LogP contribution < -0.4 is 0 Å². The van der Waals surface area contributed by atoms with E-state index in [0.717, 1.165) is 6.42 Å². The molecule has 0 atom stereocenters. The number of hydrogen-bond acceptors (Lipinski definition) is 0. The van der Waals surface area contributed by atoms with Crippen molar-refractivity contribution in [2.45, 2.75) is 71.1 Å². The normalized spacial score (nSPS) is 8.40. The Morgan fingerprint density at radius 3 is 1.27 bits per heavy atom. The van der Waals surface area contributed by atoms with Crippen LogP contribution in [0.2, 0.25) is 0 Å². The fraction of sp³-hybridized carbons (Fsp3) is 0.917. The van der Waals surface area contributed by atoms with Crippen molar-refractivity contribution in [2.24, 2.45) is 0 Å². The van der Waals surface area contributed by atoms with Crippen LogP contribution in [0.5, 0.6) is 0 Å². The van der Waals surface area contributed by atoms with Gasteiger partial charge in [0.1, 0.15) is 0 Å². The number of rotatable bonds is 9.